The first-order valence-corrected chi connectivity index (χ1v) is 5.72. The topological polar surface area (TPSA) is 79.0 Å². The van der Waals surface area contributed by atoms with Gasteiger partial charge in [-0.1, -0.05) is 13.8 Å². The van der Waals surface area contributed by atoms with Crippen LogP contribution >= 0.6 is 0 Å². The second kappa shape index (κ2) is 6.03. The lowest BCUT2D eigenvalue weighted by atomic mass is 10.1. The van der Waals surface area contributed by atoms with Gasteiger partial charge in [-0.15, -0.1) is 0 Å². The molecule has 0 unspecified atom stereocenters. The molecule has 1 aromatic rings. The van der Waals surface area contributed by atoms with E-state index < -0.39 is 0 Å². The van der Waals surface area contributed by atoms with Gasteiger partial charge in [0.2, 0.25) is 5.91 Å². The number of amides is 1. The molecule has 0 bridgehead atoms. The Bertz CT molecular complexity index is 422. The van der Waals surface area contributed by atoms with Gasteiger partial charge in [0.15, 0.2) is 0 Å². The molecule has 0 saturated carbocycles. The number of rotatable bonds is 5. The van der Waals surface area contributed by atoms with Crippen LogP contribution in [0, 0.1) is 11.3 Å². The van der Waals surface area contributed by atoms with E-state index in [1.807, 2.05) is 0 Å². The second-order valence-electron chi connectivity index (χ2n) is 4.47. The van der Waals surface area contributed by atoms with E-state index in [0.29, 0.717) is 29.3 Å². The summed E-state index contributed by atoms with van der Waals surface area (Å²) >= 11 is 0. The number of hydrogen-bond acceptors (Lipinski definition) is 3. The maximum atomic E-state index is 11.6. The number of nitrogen functional groups attached to an aromatic ring is 1. The van der Waals surface area contributed by atoms with Gasteiger partial charge >= 0.3 is 0 Å². The van der Waals surface area contributed by atoms with Crippen molar-refractivity contribution in [3.8, 4) is 0 Å². The van der Waals surface area contributed by atoms with Gasteiger partial charge < -0.3 is 16.5 Å². The standard InChI is InChI=1S/C13H19N3O.2H2/c1-9(2)3-6-13(17)16-11-5-4-10(8-14)12(15)7-11;;/h4-5,7-9,14H,3,6,15H2,1-2H3,(H,16,17);2*1H. The number of nitrogens with two attached hydrogens (primary N) is 1. The van der Waals surface area contributed by atoms with Crippen molar-refractivity contribution in [2.75, 3.05) is 11.1 Å². The van der Waals surface area contributed by atoms with Crippen molar-refractivity contribution in [2.24, 2.45) is 5.92 Å². The minimum absolute atomic E-state index is 0. The number of carbonyl (C=O) groups is 1. The first-order valence-electron chi connectivity index (χ1n) is 5.72. The van der Waals surface area contributed by atoms with E-state index in [9.17, 15) is 4.79 Å². The van der Waals surface area contributed by atoms with Crippen LogP contribution in [0.5, 0.6) is 0 Å². The third-order valence-electron chi connectivity index (χ3n) is 2.47. The molecule has 0 saturated heterocycles. The van der Waals surface area contributed by atoms with Crippen LogP contribution in [0.15, 0.2) is 18.2 Å². The van der Waals surface area contributed by atoms with E-state index in [0.717, 1.165) is 6.42 Å². The van der Waals surface area contributed by atoms with Gasteiger partial charge in [0.25, 0.3) is 0 Å². The first kappa shape index (κ1) is 13.2. The van der Waals surface area contributed by atoms with Gasteiger partial charge in [0, 0.05) is 32.4 Å². The molecular formula is C13H23N3O. The van der Waals surface area contributed by atoms with E-state index in [1.54, 1.807) is 18.2 Å². The fourth-order valence-electron chi connectivity index (χ4n) is 1.43. The van der Waals surface area contributed by atoms with Gasteiger partial charge in [-0.25, -0.2) is 0 Å². The Labute approximate surface area is 105 Å². The molecule has 0 heterocycles. The normalized spacial score (nSPS) is 10.3. The Morgan fingerprint density at radius 3 is 2.82 bits per heavy atom. The first-order chi connectivity index (χ1) is 8.02. The largest absolute Gasteiger partial charge is 0.398 e. The lowest BCUT2D eigenvalue weighted by Crippen LogP contribution is -2.12. The van der Waals surface area contributed by atoms with Crippen LogP contribution < -0.4 is 11.1 Å². The van der Waals surface area contributed by atoms with Gasteiger partial charge in [-0.05, 0) is 30.5 Å². The molecule has 1 rings (SSSR count). The van der Waals surface area contributed by atoms with Gasteiger partial charge in [0.1, 0.15) is 0 Å². The van der Waals surface area contributed by atoms with Crippen molar-refractivity contribution in [3.63, 3.8) is 0 Å². The summed E-state index contributed by atoms with van der Waals surface area (Å²) in [5.41, 5.74) is 7.57. The van der Waals surface area contributed by atoms with Gasteiger partial charge in [-0.3, -0.25) is 4.79 Å². The third-order valence-corrected chi connectivity index (χ3v) is 2.47. The molecule has 0 fully saturated rings. The predicted molar refractivity (Wildman–Crippen MR) is 75.7 cm³/mol. The zero-order valence-electron chi connectivity index (χ0n) is 10.3. The number of nitrogens with one attached hydrogen (secondary N) is 2. The fourth-order valence-corrected chi connectivity index (χ4v) is 1.43. The lowest BCUT2D eigenvalue weighted by molar-refractivity contribution is -0.116. The summed E-state index contributed by atoms with van der Waals surface area (Å²) in [5, 5.41) is 9.91. The number of carbonyl (C=O) groups excluding carboxylic acids is 1. The van der Waals surface area contributed by atoms with Crippen molar-refractivity contribution in [1.29, 1.82) is 5.41 Å². The molecule has 1 amide bonds. The highest BCUT2D eigenvalue weighted by Crippen LogP contribution is 2.17. The molecule has 4 heteroatoms. The highest BCUT2D eigenvalue weighted by Gasteiger charge is 2.05. The molecular weight excluding hydrogens is 214 g/mol. The van der Waals surface area contributed by atoms with Crippen molar-refractivity contribution < 1.29 is 7.65 Å². The van der Waals surface area contributed by atoms with Crippen molar-refractivity contribution >= 4 is 23.5 Å². The number of anilines is 2. The summed E-state index contributed by atoms with van der Waals surface area (Å²) in [6.07, 6.45) is 2.59. The van der Waals surface area contributed by atoms with E-state index in [4.69, 9.17) is 11.1 Å². The summed E-state index contributed by atoms with van der Waals surface area (Å²) in [6, 6.07) is 5.15. The molecule has 0 aromatic heterocycles. The molecule has 1 aromatic carbocycles. The second-order valence-corrected chi connectivity index (χ2v) is 4.47. The molecule has 0 aliphatic carbocycles. The third kappa shape index (κ3) is 4.26. The molecule has 0 spiro atoms. The summed E-state index contributed by atoms with van der Waals surface area (Å²) in [6.45, 7) is 4.17. The Balaban J connectivity index is 0. The number of benzene rings is 1. The SMILES string of the molecule is CC(C)CCC(=O)Nc1ccc(C=N)c(N)c1.[HH].[HH]. The zero-order valence-corrected chi connectivity index (χ0v) is 10.3. The minimum Gasteiger partial charge on any atom is -0.398 e. The smallest absolute Gasteiger partial charge is 0.224 e. The molecule has 17 heavy (non-hydrogen) atoms. The monoisotopic (exact) mass is 237 g/mol. The van der Waals surface area contributed by atoms with Crippen molar-refractivity contribution in [1.82, 2.24) is 0 Å². The quantitative estimate of drug-likeness (QED) is 0.543. The molecule has 0 atom stereocenters. The van der Waals surface area contributed by atoms with E-state index in [2.05, 4.69) is 19.2 Å². The summed E-state index contributed by atoms with van der Waals surface area (Å²) < 4.78 is 0. The van der Waals surface area contributed by atoms with Crippen LogP contribution in [-0.2, 0) is 4.79 Å². The Morgan fingerprint density at radius 1 is 1.59 bits per heavy atom. The maximum absolute atomic E-state index is 11.6. The van der Waals surface area contributed by atoms with Crippen LogP contribution in [0.25, 0.3) is 0 Å². The summed E-state index contributed by atoms with van der Waals surface area (Å²) in [4.78, 5) is 11.6. The molecule has 0 aliphatic heterocycles. The van der Waals surface area contributed by atoms with E-state index in [-0.39, 0.29) is 8.76 Å². The van der Waals surface area contributed by atoms with E-state index >= 15 is 0 Å². The zero-order chi connectivity index (χ0) is 12.8. The van der Waals surface area contributed by atoms with Crippen LogP contribution in [0.2, 0.25) is 0 Å². The Morgan fingerprint density at radius 2 is 2.29 bits per heavy atom. The highest BCUT2D eigenvalue weighted by molar-refractivity contribution is 5.93. The van der Waals surface area contributed by atoms with E-state index in [1.165, 1.54) is 6.21 Å². The summed E-state index contributed by atoms with van der Waals surface area (Å²) in [5.74, 6) is 0.520. The molecule has 0 aliphatic rings. The molecule has 4 N–H and O–H groups in total. The van der Waals surface area contributed by atoms with Crippen molar-refractivity contribution in [2.45, 2.75) is 26.7 Å². The fraction of sp³-hybridized carbons (Fsp3) is 0.385. The predicted octanol–water partition coefficient (Wildman–Crippen LogP) is 3.13. The number of hydrogen-bond donors (Lipinski definition) is 3. The Hall–Kier alpha value is -1.84. The van der Waals surface area contributed by atoms with Crippen LogP contribution in [-0.4, -0.2) is 12.1 Å². The van der Waals surface area contributed by atoms with Gasteiger partial charge in [0.05, 0.1) is 0 Å². The van der Waals surface area contributed by atoms with Crippen LogP contribution in [0.4, 0.5) is 11.4 Å². The average molecular weight is 237 g/mol. The van der Waals surface area contributed by atoms with Crippen molar-refractivity contribution in [3.05, 3.63) is 23.8 Å². The lowest BCUT2D eigenvalue weighted by Gasteiger charge is -2.08. The molecule has 96 valence electrons. The van der Waals surface area contributed by atoms with Gasteiger partial charge in [-0.2, -0.15) is 0 Å². The minimum atomic E-state index is 0. The molecule has 4 nitrogen and oxygen atoms in total. The van der Waals surface area contributed by atoms with Crippen LogP contribution in [0.1, 0.15) is 35.1 Å². The maximum Gasteiger partial charge on any atom is 0.224 e. The summed E-state index contributed by atoms with van der Waals surface area (Å²) in [7, 11) is 0. The highest BCUT2D eigenvalue weighted by atomic mass is 16.1. The van der Waals surface area contributed by atoms with Crippen LogP contribution in [0.3, 0.4) is 0 Å². The molecule has 0 radical (unpaired) electrons. The average Bonchev–Trinajstić information content (AvgIpc) is 2.26. The Kier molecular flexibility index (Phi) is 4.69.